The van der Waals surface area contributed by atoms with Gasteiger partial charge < -0.3 is 24.3 Å². The summed E-state index contributed by atoms with van der Waals surface area (Å²) in [6.45, 7) is 4.48. The number of aliphatic hydroxyl groups excluding tert-OH is 1. The fourth-order valence-corrected chi connectivity index (χ4v) is 3.17. The van der Waals surface area contributed by atoms with Crippen LogP contribution in [-0.4, -0.2) is 36.9 Å². The molecule has 2 aromatic carbocycles. The highest BCUT2D eigenvalue weighted by atomic mass is 16.6. The fourth-order valence-electron chi connectivity index (χ4n) is 3.17. The van der Waals surface area contributed by atoms with Gasteiger partial charge in [0.1, 0.15) is 17.6 Å². The Bertz CT molecular complexity index is 918. The van der Waals surface area contributed by atoms with Gasteiger partial charge in [-0.05, 0) is 38.0 Å². The van der Waals surface area contributed by atoms with Gasteiger partial charge in [0.15, 0.2) is 6.61 Å². The summed E-state index contributed by atoms with van der Waals surface area (Å²) in [6.07, 6.45) is 1.75. The standard InChI is InChI=1S/C23H27NO5/c1-3-27-22(26)15-28-19-10-8-17(9-11-19)12-16(2)24-13-21(25)23-20-7-5-4-6-18(20)14-29-23/h4-11,14,16,21,24-25H,3,12-13,15H2,1-2H3. The number of benzene rings is 2. The molecular weight excluding hydrogens is 370 g/mol. The van der Waals surface area contributed by atoms with E-state index in [1.54, 1.807) is 13.2 Å². The predicted octanol–water partition coefficient (Wildman–Crippen LogP) is 3.63. The van der Waals surface area contributed by atoms with E-state index in [-0.39, 0.29) is 18.6 Å². The Balaban J connectivity index is 1.46. The highest BCUT2D eigenvalue weighted by Gasteiger charge is 2.16. The van der Waals surface area contributed by atoms with Crippen molar-refractivity contribution in [3.63, 3.8) is 0 Å². The number of aliphatic hydroxyl groups is 1. The molecular formula is C23H27NO5. The summed E-state index contributed by atoms with van der Waals surface area (Å²) in [7, 11) is 0. The SMILES string of the molecule is CCOC(=O)COc1ccc(CC(C)NCC(O)c2occ3ccccc23)cc1. The van der Waals surface area contributed by atoms with Crippen LogP contribution in [0.25, 0.3) is 10.8 Å². The number of rotatable bonds is 10. The molecule has 3 rings (SSSR count). The highest BCUT2D eigenvalue weighted by Crippen LogP contribution is 2.26. The molecule has 154 valence electrons. The molecule has 0 bridgehead atoms. The minimum atomic E-state index is -0.712. The minimum absolute atomic E-state index is 0.0928. The maximum atomic E-state index is 11.3. The van der Waals surface area contributed by atoms with Crippen molar-refractivity contribution >= 4 is 16.7 Å². The van der Waals surface area contributed by atoms with Gasteiger partial charge in [-0.2, -0.15) is 0 Å². The summed E-state index contributed by atoms with van der Waals surface area (Å²) in [5.74, 6) is 0.836. The van der Waals surface area contributed by atoms with Crippen molar-refractivity contribution in [1.82, 2.24) is 5.32 Å². The molecule has 0 fully saturated rings. The summed E-state index contributed by atoms with van der Waals surface area (Å²) in [6, 6.07) is 15.6. The monoisotopic (exact) mass is 397 g/mol. The lowest BCUT2D eigenvalue weighted by atomic mass is 10.1. The molecule has 0 aliphatic carbocycles. The minimum Gasteiger partial charge on any atom is -0.482 e. The van der Waals surface area contributed by atoms with Gasteiger partial charge in [-0.25, -0.2) is 4.79 Å². The van der Waals surface area contributed by atoms with Gasteiger partial charge in [0.2, 0.25) is 0 Å². The van der Waals surface area contributed by atoms with Crippen molar-refractivity contribution in [2.24, 2.45) is 0 Å². The van der Waals surface area contributed by atoms with Crippen LogP contribution in [0.1, 0.15) is 31.3 Å². The molecule has 1 aromatic heterocycles. The van der Waals surface area contributed by atoms with Crippen molar-refractivity contribution < 1.29 is 23.8 Å². The van der Waals surface area contributed by atoms with E-state index in [1.807, 2.05) is 48.5 Å². The molecule has 0 saturated heterocycles. The second kappa shape index (κ2) is 10.1. The van der Waals surface area contributed by atoms with Crippen molar-refractivity contribution in [2.75, 3.05) is 19.8 Å². The summed E-state index contributed by atoms with van der Waals surface area (Å²) in [5.41, 5.74) is 1.13. The van der Waals surface area contributed by atoms with E-state index >= 15 is 0 Å². The summed E-state index contributed by atoms with van der Waals surface area (Å²) in [4.78, 5) is 11.3. The van der Waals surface area contributed by atoms with Gasteiger partial charge in [-0.15, -0.1) is 0 Å². The van der Waals surface area contributed by atoms with Crippen molar-refractivity contribution in [2.45, 2.75) is 32.4 Å². The quantitative estimate of drug-likeness (QED) is 0.509. The van der Waals surface area contributed by atoms with Gasteiger partial charge in [0, 0.05) is 23.4 Å². The van der Waals surface area contributed by atoms with Crippen LogP contribution in [0.15, 0.2) is 59.2 Å². The Morgan fingerprint density at radius 3 is 2.69 bits per heavy atom. The molecule has 0 amide bonds. The first-order chi connectivity index (χ1) is 14.1. The average Bonchev–Trinajstić information content (AvgIpc) is 3.16. The molecule has 3 aromatic rings. The second-order valence-corrected chi connectivity index (χ2v) is 6.95. The van der Waals surface area contributed by atoms with Crippen LogP contribution in [0, 0.1) is 0 Å². The van der Waals surface area contributed by atoms with E-state index in [0.717, 1.165) is 22.8 Å². The van der Waals surface area contributed by atoms with E-state index in [9.17, 15) is 9.90 Å². The van der Waals surface area contributed by atoms with Gasteiger partial charge in [-0.3, -0.25) is 0 Å². The van der Waals surface area contributed by atoms with Crippen LogP contribution < -0.4 is 10.1 Å². The number of ether oxygens (including phenoxy) is 2. The zero-order chi connectivity index (χ0) is 20.6. The maximum absolute atomic E-state index is 11.3. The molecule has 0 saturated carbocycles. The number of nitrogens with one attached hydrogen (secondary N) is 1. The number of fused-ring (bicyclic) bond motifs is 1. The summed E-state index contributed by atoms with van der Waals surface area (Å²) in [5, 5.41) is 15.8. The van der Waals surface area contributed by atoms with E-state index in [1.165, 1.54) is 0 Å². The van der Waals surface area contributed by atoms with Crippen LogP contribution in [0.4, 0.5) is 0 Å². The molecule has 1 heterocycles. The largest absolute Gasteiger partial charge is 0.482 e. The Labute approximate surface area is 170 Å². The van der Waals surface area contributed by atoms with Crippen molar-refractivity contribution in [3.8, 4) is 5.75 Å². The first-order valence-corrected chi connectivity index (χ1v) is 9.81. The molecule has 6 nitrogen and oxygen atoms in total. The third-order valence-corrected chi connectivity index (χ3v) is 4.63. The highest BCUT2D eigenvalue weighted by molar-refractivity contribution is 5.84. The Kier molecular flexibility index (Phi) is 7.27. The summed E-state index contributed by atoms with van der Waals surface area (Å²) < 4.78 is 15.8. The van der Waals surface area contributed by atoms with Crippen LogP contribution in [0.2, 0.25) is 0 Å². The lowest BCUT2D eigenvalue weighted by Gasteiger charge is -2.17. The first kappa shape index (κ1) is 20.9. The van der Waals surface area contributed by atoms with Crippen LogP contribution in [0.3, 0.4) is 0 Å². The number of hydrogen-bond acceptors (Lipinski definition) is 6. The molecule has 0 aliphatic heterocycles. The number of hydrogen-bond donors (Lipinski definition) is 2. The third-order valence-electron chi connectivity index (χ3n) is 4.63. The molecule has 6 heteroatoms. The van der Waals surface area contributed by atoms with Crippen LogP contribution >= 0.6 is 0 Å². The molecule has 29 heavy (non-hydrogen) atoms. The normalized spacial score (nSPS) is 13.2. The van der Waals surface area contributed by atoms with Crippen LogP contribution in [0.5, 0.6) is 5.75 Å². The smallest absolute Gasteiger partial charge is 0.344 e. The Morgan fingerprint density at radius 2 is 1.93 bits per heavy atom. The molecule has 0 aliphatic rings. The van der Waals surface area contributed by atoms with Gasteiger partial charge in [0.25, 0.3) is 0 Å². The first-order valence-electron chi connectivity index (χ1n) is 9.81. The van der Waals surface area contributed by atoms with E-state index in [0.29, 0.717) is 24.7 Å². The molecule has 2 unspecified atom stereocenters. The second-order valence-electron chi connectivity index (χ2n) is 6.95. The zero-order valence-electron chi connectivity index (χ0n) is 16.8. The average molecular weight is 397 g/mol. The molecule has 0 spiro atoms. The van der Waals surface area contributed by atoms with Gasteiger partial charge >= 0.3 is 5.97 Å². The number of carbonyl (C=O) groups excluding carboxylic acids is 1. The van der Waals surface area contributed by atoms with E-state index < -0.39 is 6.10 Å². The fraction of sp³-hybridized carbons (Fsp3) is 0.348. The molecule has 2 atom stereocenters. The lowest BCUT2D eigenvalue weighted by molar-refractivity contribution is -0.145. The van der Waals surface area contributed by atoms with E-state index in [4.69, 9.17) is 13.9 Å². The maximum Gasteiger partial charge on any atom is 0.344 e. The van der Waals surface area contributed by atoms with Crippen molar-refractivity contribution in [1.29, 1.82) is 0 Å². The van der Waals surface area contributed by atoms with Crippen LogP contribution in [-0.2, 0) is 16.0 Å². The van der Waals surface area contributed by atoms with Gasteiger partial charge in [-0.1, -0.05) is 36.4 Å². The molecule has 2 N–H and O–H groups in total. The third kappa shape index (κ3) is 5.82. The topological polar surface area (TPSA) is 80.9 Å². The lowest BCUT2D eigenvalue weighted by Crippen LogP contribution is -2.32. The Hall–Kier alpha value is -2.83. The number of furan rings is 1. The molecule has 0 radical (unpaired) electrons. The zero-order valence-corrected chi connectivity index (χ0v) is 16.8. The number of carbonyl (C=O) groups is 1. The van der Waals surface area contributed by atoms with Gasteiger partial charge in [0.05, 0.1) is 12.9 Å². The number of esters is 1. The predicted molar refractivity (Wildman–Crippen MR) is 111 cm³/mol. The van der Waals surface area contributed by atoms with Crippen molar-refractivity contribution in [3.05, 3.63) is 66.1 Å². The Morgan fingerprint density at radius 1 is 1.17 bits per heavy atom. The van der Waals surface area contributed by atoms with E-state index in [2.05, 4.69) is 12.2 Å². The summed E-state index contributed by atoms with van der Waals surface area (Å²) >= 11 is 0.